The van der Waals surface area contributed by atoms with Crippen molar-refractivity contribution in [3.63, 3.8) is 0 Å². The second-order valence-electron chi connectivity index (χ2n) is 17.6. The van der Waals surface area contributed by atoms with Gasteiger partial charge in [-0.2, -0.15) is 0 Å². The molecule has 4 heteroatoms. The summed E-state index contributed by atoms with van der Waals surface area (Å²) in [5.41, 5.74) is 22.1. The van der Waals surface area contributed by atoms with Crippen molar-refractivity contribution in [3.05, 3.63) is 259 Å². The van der Waals surface area contributed by atoms with Gasteiger partial charge in [-0.3, -0.25) is 9.97 Å². The van der Waals surface area contributed by atoms with Gasteiger partial charge in [0.15, 0.2) is 0 Å². The van der Waals surface area contributed by atoms with E-state index in [0.717, 1.165) is 76.2 Å². The SMILES string of the molecule is Cn1c(-c2ccc(CCc3cc(CCc4ccc(-c5ccccc5)nc4)cc(-c4ccccc4-c4ccc(-c5cccc(-c6ccc(-c7ccccc7)cc6)c5)nc4)c3)cc2)nc2ccccc21. The molecule has 326 valence electrons. The Kier molecular flexibility index (Phi) is 11.9. The van der Waals surface area contributed by atoms with Crippen molar-refractivity contribution in [2.45, 2.75) is 25.7 Å². The lowest BCUT2D eigenvalue weighted by Gasteiger charge is -2.15. The quantitative estimate of drug-likeness (QED) is 0.116. The maximum absolute atomic E-state index is 5.07. The Morgan fingerprint density at radius 2 is 0.824 bits per heavy atom. The average molecular weight is 875 g/mol. The second kappa shape index (κ2) is 19.2. The van der Waals surface area contributed by atoms with Crippen molar-refractivity contribution in [3.8, 4) is 78.4 Å². The Balaban J connectivity index is 0.858. The van der Waals surface area contributed by atoms with Crippen LogP contribution in [0.5, 0.6) is 0 Å². The highest BCUT2D eigenvalue weighted by Crippen LogP contribution is 2.35. The van der Waals surface area contributed by atoms with E-state index < -0.39 is 0 Å². The number of rotatable bonds is 13. The van der Waals surface area contributed by atoms with E-state index in [4.69, 9.17) is 15.0 Å². The molecule has 4 nitrogen and oxygen atoms in total. The molecule has 11 rings (SSSR count). The Hall–Kier alpha value is -8.47. The Morgan fingerprint density at radius 3 is 1.50 bits per heavy atom. The standard InChI is InChI=1S/C64H50N4/c1-68-63-22-11-10-21-62(63)67-64(68)53-30-27-45(28-31-53)23-25-47-39-48(26-24-46-29-37-60(65-43-46)52-15-6-3-7-16-52)41-57(40-47)59-20-9-8-19-58(59)56-36-38-61(66-44-56)55-18-12-17-54(42-55)51-34-32-50(33-35-51)49-13-4-2-5-14-49/h2-22,27-44H,23-26H2,1H3. The minimum Gasteiger partial charge on any atom is -0.327 e. The summed E-state index contributed by atoms with van der Waals surface area (Å²) in [5.74, 6) is 0.985. The van der Waals surface area contributed by atoms with Gasteiger partial charge in [0.1, 0.15) is 5.82 Å². The molecular weight excluding hydrogens is 825 g/mol. The van der Waals surface area contributed by atoms with Crippen LogP contribution < -0.4 is 0 Å². The first-order chi connectivity index (χ1) is 33.6. The normalized spacial score (nSPS) is 11.2. The predicted octanol–water partition coefficient (Wildman–Crippen LogP) is 15.6. The van der Waals surface area contributed by atoms with Gasteiger partial charge >= 0.3 is 0 Å². The molecule has 68 heavy (non-hydrogen) atoms. The molecule has 0 spiro atoms. The van der Waals surface area contributed by atoms with Crippen LogP contribution in [0.4, 0.5) is 0 Å². The summed E-state index contributed by atoms with van der Waals surface area (Å²) in [6.07, 6.45) is 7.74. The number of pyridine rings is 2. The summed E-state index contributed by atoms with van der Waals surface area (Å²) in [6.45, 7) is 0. The molecule has 0 bridgehead atoms. The smallest absolute Gasteiger partial charge is 0.140 e. The number of benzene rings is 8. The molecule has 11 aromatic rings. The first-order valence-corrected chi connectivity index (χ1v) is 23.5. The maximum Gasteiger partial charge on any atom is 0.140 e. The molecule has 0 N–H and O–H groups in total. The molecule has 0 unspecified atom stereocenters. The molecule has 0 saturated heterocycles. The van der Waals surface area contributed by atoms with E-state index in [-0.39, 0.29) is 0 Å². The summed E-state index contributed by atoms with van der Waals surface area (Å²) < 4.78 is 2.18. The number of hydrogen-bond acceptors (Lipinski definition) is 3. The van der Waals surface area contributed by atoms with Crippen LogP contribution in [-0.2, 0) is 32.7 Å². The van der Waals surface area contributed by atoms with E-state index >= 15 is 0 Å². The Bertz CT molecular complexity index is 3460. The highest BCUT2D eigenvalue weighted by Gasteiger charge is 2.14. The zero-order chi connectivity index (χ0) is 45.7. The topological polar surface area (TPSA) is 43.6 Å². The van der Waals surface area contributed by atoms with Gasteiger partial charge in [-0.05, 0) is 117 Å². The van der Waals surface area contributed by atoms with Gasteiger partial charge < -0.3 is 4.57 Å². The van der Waals surface area contributed by atoms with Crippen LogP contribution >= 0.6 is 0 Å². The number of fused-ring (bicyclic) bond motifs is 1. The molecule has 0 aliphatic carbocycles. The highest BCUT2D eigenvalue weighted by molar-refractivity contribution is 5.85. The fourth-order valence-corrected chi connectivity index (χ4v) is 9.41. The lowest BCUT2D eigenvalue weighted by molar-refractivity contribution is 0.926. The fraction of sp³-hybridized carbons (Fsp3) is 0.0781. The zero-order valence-corrected chi connectivity index (χ0v) is 38.1. The van der Waals surface area contributed by atoms with Crippen LogP contribution in [0.25, 0.3) is 89.4 Å². The first-order valence-electron chi connectivity index (χ1n) is 23.5. The molecule has 0 atom stereocenters. The molecule has 0 radical (unpaired) electrons. The van der Waals surface area contributed by atoms with Crippen LogP contribution in [0.15, 0.2) is 237 Å². The highest BCUT2D eigenvalue weighted by atomic mass is 15.1. The van der Waals surface area contributed by atoms with E-state index in [0.29, 0.717) is 0 Å². The van der Waals surface area contributed by atoms with E-state index in [1.807, 2.05) is 24.5 Å². The van der Waals surface area contributed by atoms with E-state index in [9.17, 15) is 0 Å². The average Bonchev–Trinajstić information content (AvgIpc) is 3.76. The molecule has 3 aromatic heterocycles. The van der Waals surface area contributed by atoms with Crippen molar-refractivity contribution in [1.82, 2.24) is 19.5 Å². The van der Waals surface area contributed by atoms with Crippen molar-refractivity contribution in [1.29, 1.82) is 0 Å². The summed E-state index contributed by atoms with van der Waals surface area (Å²) >= 11 is 0. The van der Waals surface area contributed by atoms with E-state index in [1.54, 1.807) is 0 Å². The minimum absolute atomic E-state index is 0.905. The number of para-hydroxylation sites is 2. The summed E-state index contributed by atoms with van der Waals surface area (Å²) in [7, 11) is 2.09. The van der Waals surface area contributed by atoms with Gasteiger partial charge in [0.05, 0.1) is 22.4 Å². The summed E-state index contributed by atoms with van der Waals surface area (Å²) in [5, 5.41) is 0. The van der Waals surface area contributed by atoms with Gasteiger partial charge in [-0.1, -0.05) is 194 Å². The van der Waals surface area contributed by atoms with Crippen LogP contribution in [0.2, 0.25) is 0 Å². The lowest BCUT2D eigenvalue weighted by Crippen LogP contribution is -1.98. The number of imidazole rings is 1. The van der Waals surface area contributed by atoms with Gasteiger partial charge in [-0.15, -0.1) is 0 Å². The van der Waals surface area contributed by atoms with E-state index in [2.05, 4.69) is 224 Å². The fourth-order valence-electron chi connectivity index (χ4n) is 9.41. The largest absolute Gasteiger partial charge is 0.327 e. The molecule has 8 aromatic carbocycles. The third-order valence-corrected chi connectivity index (χ3v) is 13.1. The number of nitrogens with zero attached hydrogens (tertiary/aromatic N) is 4. The molecule has 0 aliphatic heterocycles. The van der Waals surface area contributed by atoms with Crippen molar-refractivity contribution < 1.29 is 0 Å². The molecule has 0 fully saturated rings. The van der Waals surface area contributed by atoms with Crippen LogP contribution in [0, 0.1) is 0 Å². The number of hydrogen-bond donors (Lipinski definition) is 0. The third-order valence-electron chi connectivity index (χ3n) is 13.1. The Labute approximate surface area is 399 Å². The molecule has 0 saturated carbocycles. The third kappa shape index (κ3) is 9.18. The number of aromatic nitrogens is 4. The monoisotopic (exact) mass is 874 g/mol. The van der Waals surface area contributed by atoms with E-state index in [1.165, 1.54) is 61.2 Å². The molecule has 0 aliphatic rings. The van der Waals surface area contributed by atoms with Crippen molar-refractivity contribution in [2.24, 2.45) is 7.05 Å². The number of aryl methyl sites for hydroxylation is 5. The predicted molar refractivity (Wildman–Crippen MR) is 282 cm³/mol. The van der Waals surface area contributed by atoms with Crippen LogP contribution in [-0.4, -0.2) is 19.5 Å². The van der Waals surface area contributed by atoms with Crippen LogP contribution in [0.3, 0.4) is 0 Å². The van der Waals surface area contributed by atoms with Crippen molar-refractivity contribution in [2.75, 3.05) is 0 Å². The maximum atomic E-state index is 5.07. The second-order valence-corrected chi connectivity index (χ2v) is 17.6. The van der Waals surface area contributed by atoms with Gasteiger partial charge in [0, 0.05) is 41.7 Å². The first kappa shape index (κ1) is 42.2. The van der Waals surface area contributed by atoms with Gasteiger partial charge in [0.25, 0.3) is 0 Å². The molecular formula is C64H50N4. The Morgan fingerprint density at radius 1 is 0.324 bits per heavy atom. The lowest BCUT2D eigenvalue weighted by atomic mass is 9.90. The summed E-state index contributed by atoms with van der Waals surface area (Å²) in [4.78, 5) is 14.8. The zero-order valence-electron chi connectivity index (χ0n) is 38.1. The minimum atomic E-state index is 0.905. The van der Waals surface area contributed by atoms with Gasteiger partial charge in [0.2, 0.25) is 0 Å². The summed E-state index contributed by atoms with van der Waals surface area (Å²) in [6, 6.07) is 80.4. The molecule has 3 heterocycles. The molecule has 0 amide bonds. The van der Waals surface area contributed by atoms with Crippen LogP contribution in [0.1, 0.15) is 22.3 Å². The van der Waals surface area contributed by atoms with Gasteiger partial charge in [-0.25, -0.2) is 4.98 Å². The van der Waals surface area contributed by atoms with Crippen molar-refractivity contribution >= 4 is 11.0 Å².